The fraction of sp³-hybridized carbons (Fsp3) is 0.259. The number of benzene rings is 3. The van der Waals surface area contributed by atoms with Crippen molar-refractivity contribution in [2.75, 3.05) is 6.61 Å². The molecule has 0 heterocycles. The van der Waals surface area contributed by atoms with E-state index in [1.807, 2.05) is 68.4 Å². The molecule has 1 N–H and O–H groups in total. The lowest BCUT2D eigenvalue weighted by atomic mass is 10.0. The zero-order valence-corrected chi connectivity index (χ0v) is 23.4. The summed E-state index contributed by atoms with van der Waals surface area (Å²) in [6.07, 6.45) is 0.379. The molecule has 0 unspecified atom stereocenters. The third kappa shape index (κ3) is 8.37. The van der Waals surface area contributed by atoms with Crippen molar-refractivity contribution in [2.24, 2.45) is 0 Å². The number of ether oxygens (including phenoxy) is 1. The van der Waals surface area contributed by atoms with Gasteiger partial charge in [0.2, 0.25) is 5.91 Å². The second kappa shape index (κ2) is 13.1. The van der Waals surface area contributed by atoms with Crippen LogP contribution in [0.25, 0.3) is 0 Å². The molecule has 0 saturated carbocycles. The first-order valence-corrected chi connectivity index (χ1v) is 13.2. The molecule has 3 rings (SSSR count). The first kappa shape index (κ1) is 27.2. The zero-order chi connectivity index (χ0) is 25.4. The Morgan fingerprint density at radius 3 is 2.34 bits per heavy atom. The second-order valence-corrected chi connectivity index (χ2v) is 10.6. The predicted molar refractivity (Wildman–Crippen MR) is 147 cm³/mol. The molecule has 0 spiro atoms. The summed E-state index contributed by atoms with van der Waals surface area (Å²) in [5, 5.41) is 3.54. The molecule has 0 aliphatic rings. The Hall–Kier alpha value is -2.35. The standard InChI is InChI=1S/C27H27Br2ClN2O3/c1-18(2)31-27(34)24(14-19-7-4-3-5-8-19)32(16-20-9-6-10-21(28)13-20)26(33)17-35-25-12-11-22(30)15-23(25)29/h3-13,15,18,24H,14,16-17H2,1-2H3,(H,31,34)/t24-/m0/s1. The van der Waals surface area contributed by atoms with Gasteiger partial charge in [0.25, 0.3) is 5.91 Å². The van der Waals surface area contributed by atoms with Gasteiger partial charge in [-0.15, -0.1) is 0 Å². The van der Waals surface area contributed by atoms with Crippen molar-refractivity contribution in [3.8, 4) is 5.75 Å². The number of nitrogens with zero attached hydrogens (tertiary/aromatic N) is 1. The van der Waals surface area contributed by atoms with Gasteiger partial charge < -0.3 is 15.0 Å². The van der Waals surface area contributed by atoms with Gasteiger partial charge in [-0.25, -0.2) is 0 Å². The lowest BCUT2D eigenvalue weighted by molar-refractivity contribution is -0.143. The number of amides is 2. The molecule has 0 radical (unpaired) electrons. The third-order valence-corrected chi connectivity index (χ3v) is 6.54. The predicted octanol–water partition coefficient (Wildman–Crippen LogP) is 6.41. The minimum Gasteiger partial charge on any atom is -0.483 e. The zero-order valence-electron chi connectivity index (χ0n) is 19.5. The summed E-state index contributed by atoms with van der Waals surface area (Å²) in [4.78, 5) is 28.5. The Labute approximate surface area is 228 Å². The summed E-state index contributed by atoms with van der Waals surface area (Å²) in [6.45, 7) is 3.83. The SMILES string of the molecule is CC(C)NC(=O)[C@H](Cc1ccccc1)N(Cc1cccc(Br)c1)C(=O)COc1ccc(Cl)cc1Br. The highest BCUT2D eigenvalue weighted by Gasteiger charge is 2.31. The van der Waals surface area contributed by atoms with E-state index in [4.69, 9.17) is 16.3 Å². The Morgan fingerprint density at radius 1 is 0.971 bits per heavy atom. The first-order chi connectivity index (χ1) is 16.7. The molecular formula is C27H27Br2ClN2O3. The van der Waals surface area contributed by atoms with Gasteiger partial charge in [-0.3, -0.25) is 9.59 Å². The van der Waals surface area contributed by atoms with E-state index in [2.05, 4.69) is 37.2 Å². The molecule has 0 saturated heterocycles. The van der Waals surface area contributed by atoms with Crippen molar-refractivity contribution in [1.82, 2.24) is 10.2 Å². The quantitative estimate of drug-likeness (QED) is 0.285. The highest BCUT2D eigenvalue weighted by molar-refractivity contribution is 9.10. The maximum Gasteiger partial charge on any atom is 0.261 e. The average Bonchev–Trinajstić information content (AvgIpc) is 2.81. The maximum atomic E-state index is 13.6. The van der Waals surface area contributed by atoms with Crippen LogP contribution in [0.3, 0.4) is 0 Å². The normalized spacial score (nSPS) is 11.7. The summed E-state index contributed by atoms with van der Waals surface area (Å²) < 4.78 is 7.37. The topological polar surface area (TPSA) is 58.6 Å². The number of nitrogens with one attached hydrogen (secondary N) is 1. The van der Waals surface area contributed by atoms with E-state index in [0.29, 0.717) is 21.7 Å². The molecule has 0 bridgehead atoms. The molecule has 35 heavy (non-hydrogen) atoms. The van der Waals surface area contributed by atoms with Crippen molar-refractivity contribution in [1.29, 1.82) is 0 Å². The van der Waals surface area contributed by atoms with Crippen LogP contribution in [0.5, 0.6) is 5.75 Å². The number of rotatable bonds is 10. The molecule has 0 aliphatic heterocycles. The Kier molecular flexibility index (Phi) is 10.2. The van der Waals surface area contributed by atoms with Crippen LogP contribution < -0.4 is 10.1 Å². The number of hydrogen-bond donors (Lipinski definition) is 1. The highest BCUT2D eigenvalue weighted by atomic mass is 79.9. The molecule has 184 valence electrons. The molecule has 3 aromatic rings. The van der Waals surface area contributed by atoms with E-state index in [9.17, 15) is 9.59 Å². The van der Waals surface area contributed by atoms with Gasteiger partial charge in [0, 0.05) is 28.5 Å². The molecule has 2 amide bonds. The van der Waals surface area contributed by atoms with Crippen LogP contribution in [0, 0.1) is 0 Å². The van der Waals surface area contributed by atoms with Crippen molar-refractivity contribution < 1.29 is 14.3 Å². The van der Waals surface area contributed by atoms with Crippen molar-refractivity contribution >= 4 is 55.3 Å². The number of carbonyl (C=O) groups excluding carboxylic acids is 2. The molecule has 5 nitrogen and oxygen atoms in total. The van der Waals surface area contributed by atoms with Crippen LogP contribution in [-0.2, 0) is 22.6 Å². The monoisotopic (exact) mass is 620 g/mol. The van der Waals surface area contributed by atoms with Crippen molar-refractivity contribution in [3.63, 3.8) is 0 Å². The van der Waals surface area contributed by atoms with E-state index in [0.717, 1.165) is 15.6 Å². The summed E-state index contributed by atoms with van der Waals surface area (Å²) in [7, 11) is 0. The molecule has 0 aromatic heterocycles. The van der Waals surface area contributed by atoms with E-state index < -0.39 is 6.04 Å². The average molecular weight is 623 g/mol. The van der Waals surface area contributed by atoms with Gasteiger partial charge >= 0.3 is 0 Å². The van der Waals surface area contributed by atoms with Crippen LogP contribution >= 0.6 is 43.5 Å². The minimum atomic E-state index is -0.719. The van der Waals surface area contributed by atoms with Gasteiger partial charge in [0.1, 0.15) is 11.8 Å². The fourth-order valence-electron chi connectivity index (χ4n) is 3.58. The first-order valence-electron chi connectivity index (χ1n) is 11.2. The van der Waals surface area contributed by atoms with Crippen LogP contribution in [0.15, 0.2) is 81.7 Å². The van der Waals surface area contributed by atoms with E-state index in [1.54, 1.807) is 23.1 Å². The molecule has 0 aliphatic carbocycles. The number of carbonyl (C=O) groups is 2. The smallest absolute Gasteiger partial charge is 0.261 e. The Balaban J connectivity index is 1.92. The molecular weight excluding hydrogens is 596 g/mol. The maximum absolute atomic E-state index is 13.6. The largest absolute Gasteiger partial charge is 0.483 e. The van der Waals surface area contributed by atoms with Gasteiger partial charge in [-0.1, -0.05) is 70.0 Å². The van der Waals surface area contributed by atoms with E-state index in [1.165, 1.54) is 0 Å². The van der Waals surface area contributed by atoms with Gasteiger partial charge in [0.15, 0.2) is 6.61 Å². The van der Waals surface area contributed by atoms with Gasteiger partial charge in [0.05, 0.1) is 4.47 Å². The molecule has 8 heteroatoms. The minimum absolute atomic E-state index is 0.0649. The highest BCUT2D eigenvalue weighted by Crippen LogP contribution is 2.28. The van der Waals surface area contributed by atoms with Crippen LogP contribution in [0.4, 0.5) is 0 Å². The summed E-state index contributed by atoms with van der Waals surface area (Å²) in [5.74, 6) is -0.0112. The van der Waals surface area contributed by atoms with Crippen molar-refractivity contribution in [3.05, 3.63) is 97.9 Å². The van der Waals surface area contributed by atoms with Gasteiger partial charge in [-0.05, 0) is 71.2 Å². The second-order valence-electron chi connectivity index (χ2n) is 8.38. The molecule has 0 fully saturated rings. The van der Waals surface area contributed by atoms with Crippen LogP contribution in [0.2, 0.25) is 5.02 Å². The number of hydrogen-bond acceptors (Lipinski definition) is 3. The lowest BCUT2D eigenvalue weighted by Crippen LogP contribution is -2.52. The van der Waals surface area contributed by atoms with Crippen LogP contribution in [-0.4, -0.2) is 35.4 Å². The lowest BCUT2D eigenvalue weighted by Gasteiger charge is -2.32. The van der Waals surface area contributed by atoms with E-state index in [-0.39, 0.29) is 31.0 Å². The summed E-state index contributed by atoms with van der Waals surface area (Å²) in [6, 6.07) is 21.7. The van der Waals surface area contributed by atoms with Crippen LogP contribution in [0.1, 0.15) is 25.0 Å². The van der Waals surface area contributed by atoms with E-state index >= 15 is 0 Å². The Morgan fingerprint density at radius 2 is 1.69 bits per heavy atom. The molecule has 3 aromatic carbocycles. The summed E-state index contributed by atoms with van der Waals surface area (Å²) >= 11 is 12.9. The molecule has 1 atom stereocenters. The summed E-state index contributed by atoms with van der Waals surface area (Å²) in [5.41, 5.74) is 1.86. The number of halogens is 3. The fourth-order valence-corrected chi connectivity index (χ4v) is 4.83. The van der Waals surface area contributed by atoms with Gasteiger partial charge in [-0.2, -0.15) is 0 Å². The van der Waals surface area contributed by atoms with Crippen molar-refractivity contribution in [2.45, 2.75) is 38.9 Å². The Bertz CT molecular complexity index is 1160. The third-order valence-electron chi connectivity index (χ3n) is 5.19.